The number of hydrogen-bond donors (Lipinski definition) is 2. The quantitative estimate of drug-likeness (QED) is 0.456. The lowest BCUT2D eigenvalue weighted by atomic mass is 9.80. The second kappa shape index (κ2) is 10.1. The zero-order valence-corrected chi connectivity index (χ0v) is 21.6. The van der Waals surface area contributed by atoms with Crippen molar-refractivity contribution in [3.63, 3.8) is 0 Å². The molecule has 1 aliphatic heterocycles. The molecule has 3 rings (SSSR count). The summed E-state index contributed by atoms with van der Waals surface area (Å²) in [6.07, 6.45) is 1.32. The fraction of sp³-hybridized carbons (Fsp3) is 0.481. The number of nitrogens with zero attached hydrogens (tertiary/aromatic N) is 1. The van der Waals surface area contributed by atoms with E-state index in [9.17, 15) is 19.4 Å². The predicted octanol–water partition coefficient (Wildman–Crippen LogP) is 6.16. The molecule has 1 unspecified atom stereocenters. The Kier molecular flexibility index (Phi) is 7.78. The minimum atomic E-state index is -0.850. The number of pyridine rings is 1. The molecular formula is C27H34FNO4S. The minimum absolute atomic E-state index is 0.00827. The highest BCUT2D eigenvalue weighted by atomic mass is 32.2. The van der Waals surface area contributed by atoms with E-state index in [1.807, 2.05) is 47.6 Å². The molecule has 0 fully saturated rings. The molecule has 5 nitrogen and oxygen atoms in total. The number of esters is 1. The fourth-order valence-electron chi connectivity index (χ4n) is 4.42. The van der Waals surface area contributed by atoms with E-state index >= 15 is 0 Å². The Balaban J connectivity index is 1.93. The van der Waals surface area contributed by atoms with Crippen molar-refractivity contribution >= 4 is 17.7 Å². The van der Waals surface area contributed by atoms with Gasteiger partial charge >= 0.3 is 5.97 Å². The van der Waals surface area contributed by atoms with Gasteiger partial charge in [-0.05, 0) is 60.4 Å². The molecule has 0 aliphatic carbocycles. The second-order valence-electron chi connectivity index (χ2n) is 10.3. The minimum Gasteiger partial charge on any atom is -0.511 e. The van der Waals surface area contributed by atoms with Crippen molar-refractivity contribution < 1.29 is 24.1 Å². The van der Waals surface area contributed by atoms with Crippen LogP contribution in [0.5, 0.6) is 0 Å². The van der Waals surface area contributed by atoms with Crippen LogP contribution in [-0.4, -0.2) is 26.8 Å². The van der Waals surface area contributed by atoms with E-state index in [-0.39, 0.29) is 40.8 Å². The Labute approximate surface area is 205 Å². The van der Waals surface area contributed by atoms with Gasteiger partial charge in [0.05, 0.1) is 12.3 Å². The molecule has 1 aromatic carbocycles. The summed E-state index contributed by atoms with van der Waals surface area (Å²) < 4.78 is 19.3. The van der Waals surface area contributed by atoms with E-state index in [1.54, 1.807) is 12.1 Å². The Morgan fingerprint density at radius 1 is 1.24 bits per heavy atom. The number of carbonyl (C=O) groups is 1. The number of aromatic nitrogens is 1. The van der Waals surface area contributed by atoms with Crippen LogP contribution in [0.1, 0.15) is 70.0 Å². The van der Waals surface area contributed by atoms with Gasteiger partial charge in [-0.1, -0.05) is 58.5 Å². The molecule has 34 heavy (non-hydrogen) atoms. The third-order valence-electron chi connectivity index (χ3n) is 6.31. The highest BCUT2D eigenvalue weighted by Crippen LogP contribution is 2.45. The first-order valence-electron chi connectivity index (χ1n) is 11.6. The highest BCUT2D eigenvalue weighted by molar-refractivity contribution is 8.04. The van der Waals surface area contributed by atoms with E-state index in [0.717, 1.165) is 21.7 Å². The topological polar surface area (TPSA) is 79.7 Å². The molecule has 0 spiro atoms. The first-order valence-corrected chi connectivity index (χ1v) is 12.4. The number of cyclic esters (lactones) is 1. The number of thioether (sulfide) groups is 1. The van der Waals surface area contributed by atoms with Gasteiger partial charge in [0.15, 0.2) is 0 Å². The van der Waals surface area contributed by atoms with Crippen LogP contribution in [0.25, 0.3) is 0 Å². The predicted molar refractivity (Wildman–Crippen MR) is 132 cm³/mol. The second-order valence-corrected chi connectivity index (χ2v) is 11.3. The average Bonchev–Trinajstić information content (AvgIpc) is 2.74. The number of aliphatic hydroxyl groups is 2. The summed E-state index contributed by atoms with van der Waals surface area (Å²) in [5.74, 6) is -0.866. The van der Waals surface area contributed by atoms with Crippen molar-refractivity contribution in [1.29, 1.82) is 0 Å². The Morgan fingerprint density at radius 2 is 1.88 bits per heavy atom. The standard InChI is InChI=1S/C27H34FNO4S/c1-16(2)27(12-11-18-7-9-19(28)10-8-18)14-21(31)24(25(32)33-27)34-22-13-17(3)29-20(15-30)23(22)26(4,5)6/h7-10,13,16,30-31H,11-12,14-15H2,1-6H3. The zero-order valence-electron chi connectivity index (χ0n) is 20.7. The number of rotatable bonds is 7. The maximum absolute atomic E-state index is 13.3. The smallest absolute Gasteiger partial charge is 0.349 e. The van der Waals surface area contributed by atoms with Gasteiger partial charge in [0.1, 0.15) is 22.1 Å². The van der Waals surface area contributed by atoms with E-state index in [2.05, 4.69) is 4.98 Å². The lowest BCUT2D eigenvalue weighted by molar-refractivity contribution is -0.164. The van der Waals surface area contributed by atoms with E-state index in [0.29, 0.717) is 18.5 Å². The molecule has 0 bridgehead atoms. The SMILES string of the molecule is Cc1cc(SC2=C(O)CC(CCc3ccc(F)cc3)(C(C)C)OC2=O)c(C(C)(C)C)c(CO)n1. The maximum Gasteiger partial charge on any atom is 0.349 e. The van der Waals surface area contributed by atoms with Crippen molar-refractivity contribution in [2.75, 3.05) is 0 Å². The largest absolute Gasteiger partial charge is 0.511 e. The number of aliphatic hydroxyl groups excluding tert-OH is 2. The van der Waals surface area contributed by atoms with Crippen LogP contribution in [0.4, 0.5) is 4.39 Å². The van der Waals surface area contributed by atoms with Gasteiger partial charge in [-0.15, -0.1) is 0 Å². The number of aryl methyl sites for hydroxylation is 2. The van der Waals surface area contributed by atoms with Crippen molar-refractivity contribution in [1.82, 2.24) is 4.98 Å². The normalized spacial score (nSPS) is 19.0. The lowest BCUT2D eigenvalue weighted by Gasteiger charge is -2.40. The number of halogens is 1. The van der Waals surface area contributed by atoms with Crippen molar-refractivity contribution in [2.45, 2.75) is 83.3 Å². The van der Waals surface area contributed by atoms with Gasteiger partial charge in [-0.25, -0.2) is 9.18 Å². The number of carbonyl (C=O) groups excluding carboxylic acids is 1. The summed E-state index contributed by atoms with van der Waals surface area (Å²) in [6.45, 7) is 11.6. The maximum atomic E-state index is 13.3. The third-order valence-corrected chi connectivity index (χ3v) is 7.46. The summed E-state index contributed by atoms with van der Waals surface area (Å²) in [4.78, 5) is 18.6. The van der Waals surface area contributed by atoms with E-state index in [1.165, 1.54) is 23.9 Å². The Morgan fingerprint density at radius 3 is 2.41 bits per heavy atom. The van der Waals surface area contributed by atoms with Gasteiger partial charge < -0.3 is 14.9 Å². The van der Waals surface area contributed by atoms with Crippen LogP contribution in [0, 0.1) is 18.7 Å². The third kappa shape index (κ3) is 5.63. The molecule has 0 amide bonds. The molecule has 0 radical (unpaired) electrons. The fourth-order valence-corrected chi connectivity index (χ4v) is 5.71. The summed E-state index contributed by atoms with van der Waals surface area (Å²) in [5, 5.41) is 20.9. The van der Waals surface area contributed by atoms with Gasteiger partial charge in [-0.2, -0.15) is 0 Å². The highest BCUT2D eigenvalue weighted by Gasteiger charge is 2.44. The molecule has 1 aliphatic rings. The number of ether oxygens (including phenoxy) is 1. The first kappa shape index (κ1) is 26.2. The van der Waals surface area contributed by atoms with Crippen molar-refractivity contribution in [3.05, 3.63) is 69.3 Å². The molecule has 184 valence electrons. The number of benzene rings is 1. The molecule has 1 atom stereocenters. The summed E-state index contributed by atoms with van der Waals surface area (Å²) in [7, 11) is 0. The van der Waals surface area contributed by atoms with E-state index < -0.39 is 11.6 Å². The molecule has 7 heteroatoms. The Bertz CT molecular complexity index is 1090. The van der Waals surface area contributed by atoms with Crippen molar-refractivity contribution in [2.24, 2.45) is 5.92 Å². The van der Waals surface area contributed by atoms with Crippen LogP contribution >= 0.6 is 11.8 Å². The van der Waals surface area contributed by atoms with Crippen molar-refractivity contribution in [3.8, 4) is 0 Å². The summed E-state index contributed by atoms with van der Waals surface area (Å²) in [6, 6.07) is 8.16. The van der Waals surface area contributed by atoms with Crippen LogP contribution in [0.3, 0.4) is 0 Å². The molecule has 2 N–H and O–H groups in total. The Hall–Kier alpha value is -2.38. The van der Waals surface area contributed by atoms with Gasteiger partial charge in [0.25, 0.3) is 0 Å². The molecule has 1 aromatic heterocycles. The molecule has 2 aromatic rings. The van der Waals surface area contributed by atoms with Gasteiger partial charge in [-0.3, -0.25) is 4.98 Å². The van der Waals surface area contributed by atoms with Crippen LogP contribution in [-0.2, 0) is 28.0 Å². The number of hydrogen-bond acceptors (Lipinski definition) is 6. The van der Waals surface area contributed by atoms with Crippen LogP contribution in [0.2, 0.25) is 0 Å². The molecule has 0 saturated carbocycles. The molecule has 2 heterocycles. The first-order chi connectivity index (χ1) is 15.9. The average molecular weight is 488 g/mol. The van der Waals surface area contributed by atoms with Gasteiger partial charge in [0, 0.05) is 17.0 Å². The monoisotopic (exact) mass is 487 g/mol. The summed E-state index contributed by atoms with van der Waals surface area (Å²) >= 11 is 1.17. The van der Waals surface area contributed by atoms with Crippen LogP contribution < -0.4 is 0 Å². The van der Waals surface area contributed by atoms with E-state index in [4.69, 9.17) is 4.74 Å². The zero-order chi connectivity index (χ0) is 25.3. The van der Waals surface area contributed by atoms with Gasteiger partial charge in [0.2, 0.25) is 0 Å². The van der Waals surface area contributed by atoms with Crippen LogP contribution in [0.15, 0.2) is 45.9 Å². The lowest BCUT2D eigenvalue weighted by Crippen LogP contribution is -2.44. The summed E-state index contributed by atoms with van der Waals surface area (Å²) in [5.41, 5.74) is 1.90. The molecule has 0 saturated heterocycles. The molecular weight excluding hydrogens is 453 g/mol.